The van der Waals surface area contributed by atoms with Gasteiger partial charge in [0.25, 0.3) is 0 Å². The van der Waals surface area contributed by atoms with Crippen LogP contribution >= 0.6 is 11.3 Å². The number of hydrogen-bond donors (Lipinski definition) is 0. The molecule has 2 aromatic heterocycles. The lowest BCUT2D eigenvalue weighted by Crippen LogP contribution is -2.12. The zero-order valence-corrected chi connectivity index (χ0v) is 35.2. The molecule has 0 N–H and O–H groups in total. The van der Waals surface area contributed by atoms with Gasteiger partial charge in [-0.25, -0.2) is 0 Å². The first kappa shape index (κ1) is 36.8. The molecule has 0 aliphatic carbocycles. The first-order valence-electron chi connectivity index (χ1n) is 21.5. The lowest BCUT2D eigenvalue weighted by Gasteiger charge is -2.30. The van der Waals surface area contributed by atoms with E-state index < -0.39 is 0 Å². The summed E-state index contributed by atoms with van der Waals surface area (Å²) in [5.74, 6) is 0. The van der Waals surface area contributed by atoms with Gasteiger partial charge >= 0.3 is 0 Å². The molecule has 296 valence electrons. The van der Waals surface area contributed by atoms with Gasteiger partial charge in [0.2, 0.25) is 0 Å². The predicted molar refractivity (Wildman–Crippen MR) is 270 cm³/mol. The minimum atomic E-state index is 1.09. The van der Waals surface area contributed by atoms with Gasteiger partial charge in [0.1, 0.15) is 0 Å². The zero-order valence-electron chi connectivity index (χ0n) is 34.4. The molecule has 10 aromatic carbocycles. The molecule has 2 heterocycles. The van der Waals surface area contributed by atoms with Crippen molar-refractivity contribution >= 4 is 70.4 Å². The maximum absolute atomic E-state index is 2.51. The number of rotatable bonds is 8. The molecule has 0 spiro atoms. The highest BCUT2D eigenvalue weighted by atomic mass is 32.1. The van der Waals surface area contributed by atoms with E-state index in [2.05, 4.69) is 252 Å². The van der Waals surface area contributed by atoms with E-state index >= 15 is 0 Å². The molecule has 0 aliphatic heterocycles. The van der Waals surface area contributed by atoms with Crippen molar-refractivity contribution in [2.75, 3.05) is 4.90 Å². The van der Waals surface area contributed by atoms with Gasteiger partial charge in [-0.3, -0.25) is 0 Å². The Morgan fingerprint density at radius 3 is 1.67 bits per heavy atom. The molecule has 2 nitrogen and oxygen atoms in total. The monoisotopic (exact) mass is 820 g/mol. The molecule has 12 rings (SSSR count). The lowest BCUT2D eigenvalue weighted by molar-refractivity contribution is 1.18. The highest BCUT2D eigenvalue weighted by molar-refractivity contribution is 7.26. The quantitative estimate of drug-likeness (QED) is 0.148. The fraction of sp³-hybridized carbons (Fsp3) is 0. The summed E-state index contributed by atoms with van der Waals surface area (Å²) in [7, 11) is 0. The van der Waals surface area contributed by atoms with Gasteiger partial charge in [-0.1, -0.05) is 182 Å². The van der Waals surface area contributed by atoms with E-state index in [1.165, 1.54) is 80.9 Å². The molecule has 0 amide bonds. The van der Waals surface area contributed by atoms with Crippen molar-refractivity contribution < 1.29 is 0 Å². The van der Waals surface area contributed by atoms with Crippen molar-refractivity contribution in [3.63, 3.8) is 0 Å². The molecule has 0 saturated heterocycles. The molecule has 0 saturated carbocycles. The van der Waals surface area contributed by atoms with Gasteiger partial charge in [0.05, 0.1) is 22.4 Å². The Bertz CT molecular complexity index is 3600. The van der Waals surface area contributed by atoms with Crippen LogP contribution in [0.15, 0.2) is 243 Å². The van der Waals surface area contributed by atoms with Gasteiger partial charge < -0.3 is 9.47 Å². The minimum Gasteiger partial charge on any atom is -0.309 e. The van der Waals surface area contributed by atoms with Crippen LogP contribution in [0.2, 0.25) is 0 Å². The number of nitrogens with zero attached hydrogens (tertiary/aromatic N) is 2. The number of aromatic nitrogens is 1. The predicted octanol–water partition coefficient (Wildman–Crippen LogP) is 17.3. The van der Waals surface area contributed by atoms with Crippen LogP contribution in [0, 0.1) is 0 Å². The van der Waals surface area contributed by atoms with Crippen LogP contribution < -0.4 is 4.90 Å². The number of thiophene rings is 1. The van der Waals surface area contributed by atoms with Crippen LogP contribution in [0.4, 0.5) is 17.1 Å². The Kier molecular flexibility index (Phi) is 9.06. The maximum atomic E-state index is 2.51. The van der Waals surface area contributed by atoms with Crippen molar-refractivity contribution in [3.8, 4) is 50.2 Å². The first-order valence-corrected chi connectivity index (χ1v) is 22.3. The molecule has 3 heteroatoms. The summed E-state index contributed by atoms with van der Waals surface area (Å²) in [4.78, 5) is 2.51. The Balaban J connectivity index is 1.09. The summed E-state index contributed by atoms with van der Waals surface area (Å²) in [6.45, 7) is 0. The smallest absolute Gasteiger partial charge is 0.0555 e. The molecule has 12 aromatic rings. The van der Waals surface area contributed by atoms with E-state index in [0.717, 1.165) is 28.3 Å². The van der Waals surface area contributed by atoms with Crippen LogP contribution in [-0.4, -0.2) is 4.57 Å². The summed E-state index contributed by atoms with van der Waals surface area (Å²) >= 11 is 1.86. The standard InChI is InChI=1S/C60H40N2S/c1-4-18-42(19-5-1)47-24-10-11-26-51(47)59-48(43-20-6-2-7-21-43)28-16-30-54(59)62(55-31-17-33-58-60(55)52-27-13-15-32-57(52)63-58)46-37-34-41(35-38-46)44-36-39-50-49-25-12-14-29-53(49)61(56(50)40-44)45-22-8-3-9-23-45/h1-40H. The van der Waals surface area contributed by atoms with Crippen LogP contribution in [0.3, 0.4) is 0 Å². The summed E-state index contributed by atoms with van der Waals surface area (Å²) < 4.78 is 4.94. The molecular formula is C60H40N2S. The largest absolute Gasteiger partial charge is 0.309 e. The molecule has 0 aliphatic rings. The second kappa shape index (κ2) is 15.5. The van der Waals surface area contributed by atoms with Crippen molar-refractivity contribution in [2.24, 2.45) is 0 Å². The molecule has 0 radical (unpaired) electrons. The van der Waals surface area contributed by atoms with Gasteiger partial charge in [-0.2, -0.15) is 0 Å². The summed E-state index contributed by atoms with van der Waals surface area (Å²) in [5.41, 5.74) is 16.4. The summed E-state index contributed by atoms with van der Waals surface area (Å²) in [5, 5.41) is 5.03. The number of benzene rings is 10. The van der Waals surface area contributed by atoms with Crippen LogP contribution in [0.25, 0.3) is 92.2 Å². The second-order valence-corrected chi connectivity index (χ2v) is 17.1. The second-order valence-electron chi connectivity index (χ2n) is 16.0. The average Bonchev–Trinajstić information content (AvgIpc) is 3.91. The van der Waals surface area contributed by atoms with Crippen molar-refractivity contribution in [1.82, 2.24) is 4.57 Å². The SMILES string of the molecule is c1ccc(-c2ccccc2-c2c(-c3ccccc3)cccc2N(c2ccc(-c3ccc4c5ccccc5n(-c5ccccc5)c4c3)cc2)c2cccc3sc4ccccc4c23)cc1. The number of hydrogen-bond acceptors (Lipinski definition) is 2. The topological polar surface area (TPSA) is 8.17 Å². The van der Waals surface area contributed by atoms with Crippen molar-refractivity contribution in [2.45, 2.75) is 0 Å². The van der Waals surface area contributed by atoms with Gasteiger partial charge in [-0.05, 0) is 99.6 Å². The number of fused-ring (bicyclic) bond motifs is 6. The number of anilines is 3. The summed E-state index contributed by atoms with van der Waals surface area (Å²) in [6.07, 6.45) is 0. The van der Waals surface area contributed by atoms with Crippen molar-refractivity contribution in [3.05, 3.63) is 243 Å². The van der Waals surface area contributed by atoms with E-state index in [0.29, 0.717) is 0 Å². The molecule has 0 atom stereocenters. The van der Waals surface area contributed by atoms with Crippen LogP contribution in [0.5, 0.6) is 0 Å². The highest BCUT2D eigenvalue weighted by Gasteiger charge is 2.25. The van der Waals surface area contributed by atoms with Gasteiger partial charge in [-0.15, -0.1) is 11.3 Å². The maximum Gasteiger partial charge on any atom is 0.0555 e. The number of para-hydroxylation sites is 2. The third kappa shape index (κ3) is 6.33. The van der Waals surface area contributed by atoms with Gasteiger partial charge in [0, 0.05) is 47.9 Å². The molecular weight excluding hydrogens is 781 g/mol. The lowest BCUT2D eigenvalue weighted by atomic mass is 9.87. The first-order chi connectivity index (χ1) is 31.3. The Morgan fingerprint density at radius 2 is 0.889 bits per heavy atom. The van der Waals surface area contributed by atoms with E-state index in [1.807, 2.05) is 11.3 Å². The van der Waals surface area contributed by atoms with Crippen LogP contribution in [0.1, 0.15) is 0 Å². The van der Waals surface area contributed by atoms with E-state index in [1.54, 1.807) is 0 Å². The third-order valence-corrected chi connectivity index (χ3v) is 13.6. The Hall–Kier alpha value is -7.98. The molecule has 0 bridgehead atoms. The van der Waals surface area contributed by atoms with Crippen molar-refractivity contribution in [1.29, 1.82) is 0 Å². The van der Waals surface area contributed by atoms with E-state index in [4.69, 9.17) is 0 Å². The minimum absolute atomic E-state index is 1.09. The fourth-order valence-corrected chi connectivity index (χ4v) is 10.7. The molecule has 0 fully saturated rings. The Labute approximate surface area is 370 Å². The van der Waals surface area contributed by atoms with Gasteiger partial charge in [0.15, 0.2) is 0 Å². The highest BCUT2D eigenvalue weighted by Crippen LogP contribution is 2.51. The fourth-order valence-electron chi connectivity index (χ4n) is 9.60. The average molecular weight is 821 g/mol. The zero-order chi connectivity index (χ0) is 41.7. The summed E-state index contributed by atoms with van der Waals surface area (Å²) in [6, 6.07) is 88.5. The van der Waals surface area contributed by atoms with Crippen LogP contribution in [-0.2, 0) is 0 Å². The van der Waals surface area contributed by atoms with E-state index in [9.17, 15) is 0 Å². The Morgan fingerprint density at radius 1 is 0.333 bits per heavy atom. The normalized spacial score (nSPS) is 11.5. The van der Waals surface area contributed by atoms with E-state index in [-0.39, 0.29) is 0 Å². The molecule has 63 heavy (non-hydrogen) atoms. The third-order valence-electron chi connectivity index (χ3n) is 12.4. The molecule has 0 unspecified atom stereocenters.